The Morgan fingerprint density at radius 3 is 2.20 bits per heavy atom. The third-order valence-electron chi connectivity index (χ3n) is 5.66. The number of hydrogen-bond acceptors (Lipinski definition) is 6. The van der Waals surface area contributed by atoms with Gasteiger partial charge in [0.2, 0.25) is 5.95 Å². The molecule has 3 aromatic carbocycles. The van der Waals surface area contributed by atoms with Crippen LogP contribution in [0.4, 0.5) is 11.9 Å². The van der Waals surface area contributed by atoms with Crippen molar-refractivity contribution in [2.45, 2.75) is 6.04 Å². The minimum absolute atomic E-state index is 0.192. The lowest BCUT2D eigenvalue weighted by molar-refractivity contribution is 0.102. The molecular weight excluding hydrogens is 466 g/mol. The van der Waals surface area contributed by atoms with Gasteiger partial charge in [0.25, 0.3) is 11.9 Å². The minimum atomic E-state index is -0.317. The highest BCUT2D eigenvalue weighted by molar-refractivity contribution is 6.30. The number of fused-ring (bicyclic) bond motifs is 1. The van der Waals surface area contributed by atoms with Gasteiger partial charge in [0, 0.05) is 16.3 Å². The van der Waals surface area contributed by atoms with Crippen molar-refractivity contribution in [3.8, 4) is 11.5 Å². The van der Waals surface area contributed by atoms with Gasteiger partial charge in [-0.25, -0.2) is 4.68 Å². The summed E-state index contributed by atoms with van der Waals surface area (Å²) in [4.78, 5) is 17.3. The molecule has 0 aliphatic carbocycles. The van der Waals surface area contributed by atoms with E-state index in [1.54, 1.807) is 43.2 Å². The summed E-state index contributed by atoms with van der Waals surface area (Å²) in [5.74, 6) is 1.81. The van der Waals surface area contributed by atoms with Gasteiger partial charge in [-0.1, -0.05) is 35.9 Å². The highest BCUT2D eigenvalue weighted by atomic mass is 35.5. The van der Waals surface area contributed by atoms with Crippen LogP contribution in [0.5, 0.6) is 11.5 Å². The number of amides is 1. The Kier molecular flexibility index (Phi) is 6.12. The van der Waals surface area contributed by atoms with Crippen LogP contribution in [0.3, 0.4) is 0 Å². The van der Waals surface area contributed by atoms with Crippen molar-refractivity contribution in [1.82, 2.24) is 14.8 Å². The first-order chi connectivity index (χ1) is 17.0. The maximum absolute atomic E-state index is 12.8. The predicted molar refractivity (Wildman–Crippen MR) is 135 cm³/mol. The molecule has 2 N–H and O–H groups in total. The van der Waals surface area contributed by atoms with E-state index >= 15 is 0 Å². The summed E-state index contributed by atoms with van der Waals surface area (Å²) in [6, 6.07) is 21.9. The molecule has 0 radical (unpaired) electrons. The molecule has 0 spiro atoms. The third kappa shape index (κ3) is 4.69. The number of carbonyl (C=O) groups excluding carboxylic acids is 1. The number of halogens is 1. The SMILES string of the molecule is COc1ccc(C(=O)Nc2nc3n(n2)[C@H](c2ccc(OC)cc2)C=C(c2ccc(Cl)cc2)N3)cc1. The normalized spacial score (nSPS) is 14.4. The minimum Gasteiger partial charge on any atom is -0.497 e. The maximum atomic E-state index is 12.8. The summed E-state index contributed by atoms with van der Waals surface area (Å²) in [6.07, 6.45) is 2.06. The zero-order valence-corrected chi connectivity index (χ0v) is 19.8. The second-order valence-electron chi connectivity index (χ2n) is 7.82. The molecule has 4 aromatic rings. The highest BCUT2D eigenvalue weighted by Crippen LogP contribution is 2.34. The summed E-state index contributed by atoms with van der Waals surface area (Å²) < 4.78 is 12.2. The molecule has 176 valence electrons. The lowest BCUT2D eigenvalue weighted by Gasteiger charge is -2.24. The van der Waals surface area contributed by atoms with E-state index in [9.17, 15) is 4.79 Å². The molecule has 1 aromatic heterocycles. The molecule has 1 amide bonds. The number of ether oxygens (including phenoxy) is 2. The quantitative estimate of drug-likeness (QED) is 0.385. The van der Waals surface area contributed by atoms with Crippen LogP contribution in [0, 0.1) is 0 Å². The number of methoxy groups -OCH3 is 2. The first-order valence-corrected chi connectivity index (χ1v) is 11.2. The zero-order valence-electron chi connectivity index (χ0n) is 19.0. The van der Waals surface area contributed by atoms with Crippen molar-refractivity contribution in [2.75, 3.05) is 24.9 Å². The fourth-order valence-electron chi connectivity index (χ4n) is 3.80. The molecule has 2 heterocycles. The van der Waals surface area contributed by atoms with Gasteiger partial charge in [-0.15, -0.1) is 5.10 Å². The number of nitrogens with zero attached hydrogens (tertiary/aromatic N) is 3. The molecule has 5 rings (SSSR count). The molecule has 35 heavy (non-hydrogen) atoms. The van der Waals surface area contributed by atoms with Crippen LogP contribution in [-0.4, -0.2) is 34.9 Å². The Hall–Kier alpha value is -4.30. The molecule has 0 saturated heterocycles. The van der Waals surface area contributed by atoms with Crippen LogP contribution < -0.4 is 20.1 Å². The standard InChI is InChI=1S/C26H22ClN5O3/c1-34-20-11-5-17(6-12-20)23-15-22(16-3-9-19(27)10-4-16)28-26-30-25(31-32(23)26)29-24(33)18-7-13-21(35-2)14-8-18/h3-15,23H,1-2H3,(H2,28,29,30,31,33)/t23-/m0/s1. The van der Waals surface area contributed by atoms with E-state index in [1.807, 2.05) is 48.5 Å². The number of aromatic nitrogens is 3. The van der Waals surface area contributed by atoms with Gasteiger partial charge < -0.3 is 14.8 Å². The van der Waals surface area contributed by atoms with Crippen LogP contribution in [-0.2, 0) is 0 Å². The summed E-state index contributed by atoms with van der Waals surface area (Å²) in [7, 11) is 3.21. The second kappa shape index (κ2) is 9.52. The number of carbonyl (C=O) groups is 1. The van der Waals surface area contributed by atoms with Crippen molar-refractivity contribution in [3.05, 3.63) is 101 Å². The van der Waals surface area contributed by atoms with Gasteiger partial charge in [0.15, 0.2) is 0 Å². The van der Waals surface area contributed by atoms with E-state index in [-0.39, 0.29) is 17.9 Å². The first kappa shape index (κ1) is 22.5. The largest absolute Gasteiger partial charge is 0.497 e. The zero-order chi connectivity index (χ0) is 24.4. The molecule has 1 atom stereocenters. The third-order valence-corrected chi connectivity index (χ3v) is 5.91. The summed E-state index contributed by atoms with van der Waals surface area (Å²) in [5.41, 5.74) is 3.26. The van der Waals surface area contributed by atoms with Crippen molar-refractivity contribution in [3.63, 3.8) is 0 Å². The fraction of sp³-hybridized carbons (Fsp3) is 0.115. The average molecular weight is 488 g/mol. The van der Waals surface area contributed by atoms with E-state index in [2.05, 4.69) is 26.8 Å². The summed E-state index contributed by atoms with van der Waals surface area (Å²) in [6.45, 7) is 0. The van der Waals surface area contributed by atoms with Crippen molar-refractivity contribution in [2.24, 2.45) is 0 Å². The van der Waals surface area contributed by atoms with Gasteiger partial charge in [-0.3, -0.25) is 10.1 Å². The second-order valence-corrected chi connectivity index (χ2v) is 8.25. The Morgan fingerprint density at radius 2 is 1.57 bits per heavy atom. The molecule has 8 nitrogen and oxygen atoms in total. The Bertz CT molecular complexity index is 1380. The lowest BCUT2D eigenvalue weighted by atomic mass is 10.0. The van der Waals surface area contributed by atoms with Crippen LogP contribution >= 0.6 is 11.6 Å². The topological polar surface area (TPSA) is 90.3 Å². The Morgan fingerprint density at radius 1 is 0.943 bits per heavy atom. The molecular formula is C26H22ClN5O3. The Labute approximate surface area is 207 Å². The summed E-state index contributed by atoms with van der Waals surface area (Å²) in [5, 5.41) is 11.3. The monoisotopic (exact) mass is 487 g/mol. The smallest absolute Gasteiger partial charge is 0.258 e. The molecule has 9 heteroatoms. The van der Waals surface area contributed by atoms with E-state index in [0.29, 0.717) is 22.3 Å². The van der Waals surface area contributed by atoms with E-state index in [0.717, 1.165) is 22.6 Å². The number of nitrogens with one attached hydrogen (secondary N) is 2. The number of rotatable bonds is 6. The van der Waals surface area contributed by atoms with Crippen LogP contribution in [0.15, 0.2) is 78.9 Å². The number of hydrogen-bond donors (Lipinski definition) is 2. The van der Waals surface area contributed by atoms with E-state index in [1.165, 1.54) is 0 Å². The van der Waals surface area contributed by atoms with Gasteiger partial charge in [0.1, 0.15) is 17.5 Å². The highest BCUT2D eigenvalue weighted by Gasteiger charge is 2.26. The van der Waals surface area contributed by atoms with Gasteiger partial charge >= 0.3 is 0 Å². The summed E-state index contributed by atoms with van der Waals surface area (Å²) >= 11 is 6.08. The number of benzene rings is 3. The molecule has 0 unspecified atom stereocenters. The Balaban J connectivity index is 1.48. The van der Waals surface area contributed by atoms with Crippen LogP contribution in [0.2, 0.25) is 5.02 Å². The van der Waals surface area contributed by atoms with Crippen molar-refractivity contribution in [1.29, 1.82) is 0 Å². The van der Waals surface area contributed by atoms with E-state index < -0.39 is 0 Å². The molecule has 0 bridgehead atoms. The predicted octanol–water partition coefficient (Wildman–Crippen LogP) is 5.26. The van der Waals surface area contributed by atoms with Crippen molar-refractivity contribution >= 4 is 35.1 Å². The molecule has 0 fully saturated rings. The number of anilines is 2. The molecule has 1 aliphatic heterocycles. The molecule has 0 saturated carbocycles. The van der Waals surface area contributed by atoms with Gasteiger partial charge in [-0.2, -0.15) is 4.98 Å². The fourth-order valence-corrected chi connectivity index (χ4v) is 3.92. The van der Waals surface area contributed by atoms with Gasteiger partial charge in [0.05, 0.1) is 14.2 Å². The molecule has 1 aliphatic rings. The van der Waals surface area contributed by atoms with Crippen LogP contribution in [0.25, 0.3) is 5.70 Å². The van der Waals surface area contributed by atoms with Gasteiger partial charge in [-0.05, 0) is 65.7 Å². The average Bonchev–Trinajstić information content (AvgIpc) is 3.31. The first-order valence-electron chi connectivity index (χ1n) is 10.8. The number of allylic oxidation sites excluding steroid dienone is 1. The maximum Gasteiger partial charge on any atom is 0.258 e. The van der Waals surface area contributed by atoms with E-state index in [4.69, 9.17) is 21.1 Å². The lowest BCUT2D eigenvalue weighted by Crippen LogP contribution is -2.20. The van der Waals surface area contributed by atoms with Crippen LogP contribution in [0.1, 0.15) is 27.5 Å². The van der Waals surface area contributed by atoms with Crippen molar-refractivity contribution < 1.29 is 14.3 Å².